The van der Waals surface area contributed by atoms with Crippen LogP contribution in [-0.4, -0.2) is 34.1 Å². The van der Waals surface area contributed by atoms with Crippen molar-refractivity contribution in [2.75, 3.05) is 23.3 Å². The highest BCUT2D eigenvalue weighted by Gasteiger charge is 2.23. The molecule has 1 aromatic rings. The molecular formula is C13H22ClN5. The summed E-state index contributed by atoms with van der Waals surface area (Å²) in [5, 5.41) is 3.36. The molecule has 5 nitrogen and oxygen atoms in total. The maximum Gasteiger partial charge on any atom is 0.231 e. The first-order chi connectivity index (χ1) is 9.24. The van der Waals surface area contributed by atoms with Gasteiger partial charge in [-0.1, -0.05) is 19.3 Å². The average molecular weight is 284 g/mol. The minimum absolute atomic E-state index is 0.259. The largest absolute Gasteiger partial charge is 0.354 e. The second-order valence-corrected chi connectivity index (χ2v) is 5.17. The van der Waals surface area contributed by atoms with Crippen LogP contribution in [0, 0.1) is 0 Å². The van der Waals surface area contributed by atoms with Crippen LogP contribution in [0.4, 0.5) is 11.9 Å². The van der Waals surface area contributed by atoms with Gasteiger partial charge in [0.05, 0.1) is 0 Å². The molecule has 1 aromatic heterocycles. The van der Waals surface area contributed by atoms with Crippen LogP contribution in [0.5, 0.6) is 0 Å². The molecule has 0 unspecified atom stereocenters. The zero-order valence-electron chi connectivity index (χ0n) is 11.7. The van der Waals surface area contributed by atoms with Crippen molar-refractivity contribution in [1.82, 2.24) is 15.0 Å². The molecule has 1 aliphatic rings. The molecule has 106 valence electrons. The zero-order valence-corrected chi connectivity index (χ0v) is 12.4. The third-order valence-electron chi connectivity index (χ3n) is 3.54. The predicted octanol–water partition coefficient (Wildman–Crippen LogP) is 3.12. The van der Waals surface area contributed by atoms with E-state index in [1.54, 1.807) is 0 Å². The highest BCUT2D eigenvalue weighted by atomic mass is 35.5. The Labute approximate surface area is 119 Å². The molecule has 19 heavy (non-hydrogen) atoms. The van der Waals surface area contributed by atoms with Crippen molar-refractivity contribution in [3.63, 3.8) is 0 Å². The van der Waals surface area contributed by atoms with E-state index in [1.807, 2.05) is 6.92 Å². The minimum atomic E-state index is 0.259. The Kier molecular flexibility index (Phi) is 5.19. The molecule has 1 aliphatic carbocycles. The third kappa shape index (κ3) is 3.69. The number of aromatic nitrogens is 3. The number of halogens is 1. The lowest BCUT2D eigenvalue weighted by atomic mass is 9.94. The van der Waals surface area contributed by atoms with E-state index in [-0.39, 0.29) is 5.28 Å². The van der Waals surface area contributed by atoms with Crippen LogP contribution in [0.25, 0.3) is 0 Å². The third-order valence-corrected chi connectivity index (χ3v) is 3.71. The van der Waals surface area contributed by atoms with Gasteiger partial charge in [-0.2, -0.15) is 15.0 Å². The number of hydrogen-bond donors (Lipinski definition) is 1. The van der Waals surface area contributed by atoms with Gasteiger partial charge in [0.1, 0.15) is 0 Å². The summed E-state index contributed by atoms with van der Waals surface area (Å²) in [5.74, 6) is 1.26. The van der Waals surface area contributed by atoms with Crippen LogP contribution in [0.3, 0.4) is 0 Å². The predicted molar refractivity (Wildman–Crippen MR) is 78.9 cm³/mol. The Morgan fingerprint density at radius 1 is 1.16 bits per heavy atom. The summed E-state index contributed by atoms with van der Waals surface area (Å²) in [6, 6.07) is 0.534. The topological polar surface area (TPSA) is 53.9 Å². The van der Waals surface area contributed by atoms with E-state index in [1.165, 1.54) is 32.1 Å². The SMILES string of the molecule is CCNc1nc(Cl)nc(N(CC)C2CCCCC2)n1. The molecule has 0 atom stereocenters. The number of hydrogen-bond acceptors (Lipinski definition) is 5. The molecule has 1 heterocycles. The van der Waals surface area contributed by atoms with E-state index in [0.717, 1.165) is 13.1 Å². The molecule has 1 N–H and O–H groups in total. The molecule has 2 rings (SSSR count). The van der Waals surface area contributed by atoms with Crippen LogP contribution >= 0.6 is 11.6 Å². The zero-order chi connectivity index (χ0) is 13.7. The van der Waals surface area contributed by atoms with Crippen LogP contribution in [-0.2, 0) is 0 Å². The molecule has 0 radical (unpaired) electrons. The first kappa shape index (κ1) is 14.3. The average Bonchev–Trinajstić information content (AvgIpc) is 2.40. The quantitative estimate of drug-likeness (QED) is 0.900. The van der Waals surface area contributed by atoms with Gasteiger partial charge >= 0.3 is 0 Å². The Balaban J connectivity index is 2.21. The van der Waals surface area contributed by atoms with Gasteiger partial charge in [0.2, 0.25) is 17.2 Å². The highest BCUT2D eigenvalue weighted by Crippen LogP contribution is 2.26. The molecule has 0 saturated heterocycles. The first-order valence-electron chi connectivity index (χ1n) is 7.16. The summed E-state index contributed by atoms with van der Waals surface area (Å²) >= 11 is 6.00. The first-order valence-corrected chi connectivity index (χ1v) is 7.54. The lowest BCUT2D eigenvalue weighted by Gasteiger charge is -2.33. The number of anilines is 2. The summed E-state index contributed by atoms with van der Waals surface area (Å²) < 4.78 is 0. The summed E-state index contributed by atoms with van der Waals surface area (Å²) in [5.41, 5.74) is 0. The van der Waals surface area contributed by atoms with Gasteiger partial charge < -0.3 is 10.2 Å². The van der Waals surface area contributed by atoms with Crippen molar-refractivity contribution >= 4 is 23.5 Å². The Hall–Kier alpha value is -1.10. The lowest BCUT2D eigenvalue weighted by molar-refractivity contribution is 0.414. The smallest absolute Gasteiger partial charge is 0.231 e. The summed E-state index contributed by atoms with van der Waals surface area (Å²) in [6.45, 7) is 5.82. The number of nitrogens with one attached hydrogen (secondary N) is 1. The molecule has 0 amide bonds. The van der Waals surface area contributed by atoms with E-state index >= 15 is 0 Å². The fourth-order valence-corrected chi connectivity index (χ4v) is 2.82. The fraction of sp³-hybridized carbons (Fsp3) is 0.769. The van der Waals surface area contributed by atoms with Crippen LogP contribution in [0.2, 0.25) is 5.28 Å². The van der Waals surface area contributed by atoms with Gasteiger partial charge in [-0.3, -0.25) is 0 Å². The maximum atomic E-state index is 6.00. The van der Waals surface area contributed by atoms with Gasteiger partial charge in [0, 0.05) is 19.1 Å². The van der Waals surface area contributed by atoms with Crippen molar-refractivity contribution in [2.45, 2.75) is 52.0 Å². The summed E-state index contributed by atoms with van der Waals surface area (Å²) in [4.78, 5) is 15.1. The van der Waals surface area contributed by atoms with E-state index in [2.05, 4.69) is 32.1 Å². The van der Waals surface area contributed by atoms with Gasteiger partial charge in [0.15, 0.2) is 0 Å². The highest BCUT2D eigenvalue weighted by molar-refractivity contribution is 6.28. The van der Waals surface area contributed by atoms with Crippen molar-refractivity contribution in [3.8, 4) is 0 Å². The lowest BCUT2D eigenvalue weighted by Crippen LogP contribution is -2.38. The normalized spacial score (nSPS) is 16.4. The van der Waals surface area contributed by atoms with E-state index in [4.69, 9.17) is 11.6 Å². The molecule has 0 bridgehead atoms. The number of nitrogens with zero attached hydrogens (tertiary/aromatic N) is 4. The van der Waals surface area contributed by atoms with Gasteiger partial charge in [0.25, 0.3) is 0 Å². The molecule has 0 spiro atoms. The Morgan fingerprint density at radius 2 is 1.89 bits per heavy atom. The molecule has 1 fully saturated rings. The van der Waals surface area contributed by atoms with Crippen molar-refractivity contribution < 1.29 is 0 Å². The minimum Gasteiger partial charge on any atom is -0.354 e. The molecule has 1 saturated carbocycles. The van der Waals surface area contributed by atoms with Gasteiger partial charge in [-0.25, -0.2) is 0 Å². The van der Waals surface area contributed by atoms with Crippen LogP contribution < -0.4 is 10.2 Å². The Morgan fingerprint density at radius 3 is 2.53 bits per heavy atom. The maximum absolute atomic E-state index is 6.00. The second kappa shape index (κ2) is 6.89. The fourth-order valence-electron chi connectivity index (χ4n) is 2.66. The molecule has 0 aromatic carbocycles. The van der Waals surface area contributed by atoms with Gasteiger partial charge in [-0.15, -0.1) is 0 Å². The van der Waals surface area contributed by atoms with Crippen LogP contribution in [0.1, 0.15) is 46.0 Å². The summed E-state index contributed by atoms with van der Waals surface area (Å²) in [6.07, 6.45) is 6.36. The molecular weight excluding hydrogens is 262 g/mol. The van der Waals surface area contributed by atoms with Crippen molar-refractivity contribution in [2.24, 2.45) is 0 Å². The second-order valence-electron chi connectivity index (χ2n) is 4.84. The Bertz CT molecular complexity index is 406. The number of rotatable bonds is 5. The van der Waals surface area contributed by atoms with E-state index < -0.39 is 0 Å². The molecule has 6 heteroatoms. The van der Waals surface area contributed by atoms with Crippen molar-refractivity contribution in [3.05, 3.63) is 5.28 Å². The van der Waals surface area contributed by atoms with Crippen LogP contribution in [0.15, 0.2) is 0 Å². The standard InChI is InChI=1S/C13H22ClN5/c1-3-15-12-16-11(14)17-13(18-12)19(4-2)10-8-6-5-7-9-10/h10H,3-9H2,1-2H3,(H,15,16,17,18). The monoisotopic (exact) mass is 283 g/mol. The van der Waals surface area contributed by atoms with Gasteiger partial charge in [-0.05, 0) is 38.3 Å². The van der Waals surface area contributed by atoms with Crippen molar-refractivity contribution in [1.29, 1.82) is 0 Å². The van der Waals surface area contributed by atoms with E-state index in [9.17, 15) is 0 Å². The summed E-state index contributed by atoms with van der Waals surface area (Å²) in [7, 11) is 0. The van der Waals surface area contributed by atoms with E-state index in [0.29, 0.717) is 17.9 Å². The molecule has 0 aliphatic heterocycles.